The number of carbonyl (C=O) groups excluding carboxylic acids is 1. The van der Waals surface area contributed by atoms with Gasteiger partial charge in [-0.2, -0.15) is 0 Å². The van der Waals surface area contributed by atoms with E-state index in [0.717, 1.165) is 25.5 Å². The molecule has 0 aliphatic rings. The van der Waals surface area contributed by atoms with E-state index in [4.69, 9.17) is 34.2 Å². The Morgan fingerprint density at radius 3 is 2.48 bits per heavy atom. The third-order valence-electron chi connectivity index (χ3n) is 4.09. The van der Waals surface area contributed by atoms with Crippen LogP contribution in [0.15, 0.2) is 41.9 Å². The van der Waals surface area contributed by atoms with Gasteiger partial charge in [0, 0.05) is 24.2 Å². The van der Waals surface area contributed by atoms with E-state index < -0.39 is 11.9 Å². The van der Waals surface area contributed by atoms with E-state index in [0.29, 0.717) is 0 Å². The van der Waals surface area contributed by atoms with Crippen molar-refractivity contribution in [3.05, 3.63) is 57.6 Å². The minimum absolute atomic E-state index is 0.0754. The number of nitrogens with one attached hydrogen (secondary N) is 2. The molecule has 0 radical (unpaired) electrons. The van der Waals surface area contributed by atoms with E-state index in [1.165, 1.54) is 4.88 Å². The van der Waals surface area contributed by atoms with Crippen molar-refractivity contribution in [2.75, 3.05) is 43.6 Å². The van der Waals surface area contributed by atoms with Gasteiger partial charge < -0.3 is 27.0 Å². The molecular weight excluding hydrogens is 464 g/mol. The predicted molar refractivity (Wildman–Crippen MR) is 133 cm³/mol. The minimum atomic E-state index is -0.769. The summed E-state index contributed by atoms with van der Waals surface area (Å²) in [5.41, 5.74) is 15.4. The Hall–Kier alpha value is -3.48. The molecule has 0 unspecified atom stereocenters. The quantitative estimate of drug-likeness (QED) is 0.243. The lowest BCUT2D eigenvalue weighted by Gasteiger charge is -2.24. The number of likely N-dealkylation sites (N-methyl/N-ethyl adjacent to an activating group) is 1. The first kappa shape index (κ1) is 25.8. The smallest absolute Gasteiger partial charge is 0.280 e. The van der Waals surface area contributed by atoms with Crippen LogP contribution in [0.3, 0.4) is 0 Å². The summed E-state index contributed by atoms with van der Waals surface area (Å²) in [7, 11) is 4.20. The lowest BCUT2D eigenvalue weighted by atomic mass is 10.3. The largest absolute Gasteiger partial charge is 0.382 e. The molecule has 0 aliphatic heterocycles. The zero-order valence-corrected chi connectivity index (χ0v) is 19.9. The molecule has 8 N–H and O–H groups in total. The number of nitrogen functional groups attached to an aromatic ring is 2. The standard InChI is InChI=1S/C14H19N3S.C6H8ClN7O/c1-16(2)9-10-17(12-13-6-5-11-18-13)14-7-3-4-8-15-14;7-2-4(9)13-3(8)1(12-2)5(15)14-6(10)11/h3-8,11H,9-10,12H2,1-2H3;(H4,8,9,13)(H4,10,11,14,15). The first-order valence-electron chi connectivity index (χ1n) is 9.74. The van der Waals surface area contributed by atoms with Gasteiger partial charge in [-0.1, -0.05) is 23.7 Å². The van der Waals surface area contributed by atoms with Crippen LogP contribution >= 0.6 is 22.9 Å². The summed E-state index contributed by atoms with van der Waals surface area (Å²) in [5.74, 6) is -0.513. The Bertz CT molecular complexity index is 1050. The number of guanidine groups is 1. The Labute approximate surface area is 201 Å². The molecule has 0 atom stereocenters. The molecular formula is C20H27ClN10OS. The topological polar surface area (TPSA) is 176 Å². The van der Waals surface area contributed by atoms with Crippen LogP contribution in [-0.4, -0.2) is 58.9 Å². The van der Waals surface area contributed by atoms with Gasteiger partial charge in [-0.3, -0.25) is 15.5 Å². The number of carbonyl (C=O) groups is 1. The first-order valence-corrected chi connectivity index (χ1v) is 11.0. The van der Waals surface area contributed by atoms with Gasteiger partial charge in [0.2, 0.25) is 0 Å². The third kappa shape index (κ3) is 8.52. The van der Waals surface area contributed by atoms with Crippen molar-refractivity contribution in [1.82, 2.24) is 25.2 Å². The van der Waals surface area contributed by atoms with Crippen molar-refractivity contribution >= 4 is 52.3 Å². The van der Waals surface area contributed by atoms with Crippen molar-refractivity contribution in [3.8, 4) is 0 Å². The summed E-state index contributed by atoms with van der Waals surface area (Å²) >= 11 is 7.34. The Balaban J connectivity index is 0.000000238. The zero-order chi connectivity index (χ0) is 24.4. The summed E-state index contributed by atoms with van der Waals surface area (Å²) in [5, 5.41) is 10.8. The van der Waals surface area contributed by atoms with Gasteiger partial charge in [-0.15, -0.1) is 11.3 Å². The first-order chi connectivity index (χ1) is 15.7. The molecule has 0 bridgehead atoms. The zero-order valence-electron chi connectivity index (χ0n) is 18.3. The number of pyridine rings is 1. The van der Waals surface area contributed by atoms with E-state index in [1.54, 1.807) is 11.3 Å². The second kappa shape index (κ2) is 12.5. The number of halogens is 1. The molecule has 3 aromatic rings. The average Bonchev–Trinajstić information content (AvgIpc) is 3.27. The second-order valence-corrected chi connectivity index (χ2v) is 8.38. The van der Waals surface area contributed by atoms with Crippen molar-refractivity contribution < 1.29 is 4.79 Å². The van der Waals surface area contributed by atoms with Gasteiger partial charge in [0.15, 0.2) is 28.4 Å². The number of rotatable bonds is 7. The van der Waals surface area contributed by atoms with Crippen LogP contribution in [0.5, 0.6) is 0 Å². The van der Waals surface area contributed by atoms with Crippen LogP contribution in [-0.2, 0) is 6.54 Å². The van der Waals surface area contributed by atoms with E-state index in [1.807, 2.05) is 23.6 Å². The molecule has 3 aromatic heterocycles. The Morgan fingerprint density at radius 2 is 1.91 bits per heavy atom. The van der Waals surface area contributed by atoms with Crippen LogP contribution in [0.25, 0.3) is 0 Å². The maximum absolute atomic E-state index is 11.3. The van der Waals surface area contributed by atoms with Gasteiger partial charge in [0.05, 0.1) is 6.54 Å². The molecule has 176 valence electrons. The van der Waals surface area contributed by atoms with E-state index in [9.17, 15) is 4.79 Å². The van der Waals surface area contributed by atoms with Crippen LogP contribution < -0.4 is 27.4 Å². The third-order valence-corrected chi connectivity index (χ3v) is 5.22. The van der Waals surface area contributed by atoms with Crippen molar-refractivity contribution in [1.29, 1.82) is 5.41 Å². The molecule has 0 aromatic carbocycles. The number of hydrogen-bond donors (Lipinski definition) is 5. The Kier molecular flexibility index (Phi) is 9.79. The van der Waals surface area contributed by atoms with E-state index in [2.05, 4.69) is 62.4 Å². The predicted octanol–water partition coefficient (Wildman–Crippen LogP) is 1.63. The van der Waals surface area contributed by atoms with Crippen LogP contribution in [0.4, 0.5) is 17.5 Å². The number of anilines is 3. The lowest BCUT2D eigenvalue weighted by Crippen LogP contribution is -2.36. The van der Waals surface area contributed by atoms with Gasteiger partial charge in [-0.05, 0) is 37.7 Å². The van der Waals surface area contributed by atoms with E-state index in [-0.39, 0.29) is 22.5 Å². The number of hydrogen-bond acceptors (Lipinski definition) is 10. The molecule has 0 saturated carbocycles. The highest BCUT2D eigenvalue weighted by molar-refractivity contribution is 7.09. The molecule has 0 aliphatic carbocycles. The fourth-order valence-electron chi connectivity index (χ4n) is 2.52. The summed E-state index contributed by atoms with van der Waals surface area (Å²) in [4.78, 5) is 28.9. The number of nitrogens with two attached hydrogens (primary N) is 3. The Morgan fingerprint density at radius 1 is 1.15 bits per heavy atom. The summed E-state index contributed by atoms with van der Waals surface area (Å²) in [6, 6.07) is 10.3. The highest BCUT2D eigenvalue weighted by Crippen LogP contribution is 2.18. The molecule has 33 heavy (non-hydrogen) atoms. The summed E-state index contributed by atoms with van der Waals surface area (Å²) in [6.45, 7) is 2.95. The molecule has 3 rings (SSSR count). The second-order valence-electron chi connectivity index (χ2n) is 6.99. The van der Waals surface area contributed by atoms with Gasteiger partial charge in [0.25, 0.3) is 5.91 Å². The molecule has 11 nitrogen and oxygen atoms in total. The molecule has 0 fully saturated rings. The SMILES string of the molecule is CN(C)CCN(Cc1cccs1)c1ccccn1.N=C(N)NC(=O)c1nc(Cl)c(N)nc1N. The van der Waals surface area contributed by atoms with Gasteiger partial charge in [0.1, 0.15) is 5.82 Å². The van der Waals surface area contributed by atoms with Crippen LogP contribution in [0.1, 0.15) is 15.4 Å². The van der Waals surface area contributed by atoms with Crippen LogP contribution in [0.2, 0.25) is 5.15 Å². The minimum Gasteiger partial charge on any atom is -0.382 e. The number of amides is 1. The molecule has 0 saturated heterocycles. The number of thiophene rings is 1. The van der Waals surface area contributed by atoms with Gasteiger partial charge in [-0.25, -0.2) is 15.0 Å². The fraction of sp³-hybridized carbons (Fsp3) is 0.250. The maximum Gasteiger partial charge on any atom is 0.280 e. The highest BCUT2D eigenvalue weighted by atomic mass is 35.5. The number of aromatic nitrogens is 3. The van der Waals surface area contributed by atoms with Crippen molar-refractivity contribution in [2.24, 2.45) is 5.73 Å². The summed E-state index contributed by atoms with van der Waals surface area (Å²) < 4.78 is 0. The van der Waals surface area contributed by atoms with Crippen molar-refractivity contribution in [3.63, 3.8) is 0 Å². The molecule has 13 heteroatoms. The van der Waals surface area contributed by atoms with Crippen molar-refractivity contribution in [2.45, 2.75) is 6.54 Å². The molecule has 1 amide bonds. The van der Waals surface area contributed by atoms with E-state index >= 15 is 0 Å². The molecule has 0 spiro atoms. The van der Waals surface area contributed by atoms with Gasteiger partial charge >= 0.3 is 0 Å². The fourth-order valence-corrected chi connectivity index (χ4v) is 3.36. The lowest BCUT2D eigenvalue weighted by molar-refractivity contribution is 0.0972. The maximum atomic E-state index is 11.3. The summed E-state index contributed by atoms with van der Waals surface area (Å²) in [6.07, 6.45) is 1.85. The normalized spacial score (nSPS) is 10.3. The highest BCUT2D eigenvalue weighted by Gasteiger charge is 2.16. The monoisotopic (exact) mass is 490 g/mol. The average molecular weight is 491 g/mol. The number of nitrogens with zero attached hydrogens (tertiary/aromatic N) is 5. The van der Waals surface area contributed by atoms with Crippen LogP contribution in [0, 0.1) is 5.41 Å². The molecule has 3 heterocycles.